The Hall–Kier alpha value is -2.05. The highest BCUT2D eigenvalue weighted by Crippen LogP contribution is 2.13. The zero-order valence-corrected chi connectivity index (χ0v) is 11.5. The van der Waals surface area contributed by atoms with Crippen molar-refractivity contribution in [3.8, 4) is 0 Å². The standard InChI is InChI=1S/C12H21N3O4/c1-5-6-15(12(2,3)4)11(19)14-8(10(17)18)7-9(13)16/h5,8H,1,6-7H2,2-4H3,(H2,13,16)(H,14,19)(H,17,18). The van der Waals surface area contributed by atoms with E-state index < -0.39 is 35.9 Å². The van der Waals surface area contributed by atoms with Crippen LogP contribution in [0.2, 0.25) is 0 Å². The Bertz CT molecular complexity index is 374. The summed E-state index contributed by atoms with van der Waals surface area (Å²) in [5, 5.41) is 11.2. The predicted octanol–water partition coefficient (Wildman–Crippen LogP) is 0.311. The number of hydrogen-bond acceptors (Lipinski definition) is 3. The van der Waals surface area contributed by atoms with Gasteiger partial charge in [-0.05, 0) is 20.8 Å². The Morgan fingerprint density at radius 3 is 2.26 bits per heavy atom. The third-order valence-corrected chi connectivity index (χ3v) is 2.37. The number of carbonyl (C=O) groups is 3. The first-order valence-corrected chi connectivity index (χ1v) is 5.79. The molecule has 4 N–H and O–H groups in total. The molecule has 0 aromatic heterocycles. The number of nitrogens with zero attached hydrogens (tertiary/aromatic N) is 1. The van der Waals surface area contributed by atoms with E-state index in [0.29, 0.717) is 0 Å². The molecule has 0 radical (unpaired) electrons. The summed E-state index contributed by atoms with van der Waals surface area (Å²) in [6, 6.07) is -1.92. The van der Waals surface area contributed by atoms with Crippen LogP contribution in [0.1, 0.15) is 27.2 Å². The van der Waals surface area contributed by atoms with E-state index >= 15 is 0 Å². The van der Waals surface area contributed by atoms with Crippen LogP contribution in [-0.2, 0) is 9.59 Å². The van der Waals surface area contributed by atoms with E-state index in [2.05, 4.69) is 11.9 Å². The molecular formula is C12H21N3O4. The number of nitrogens with two attached hydrogens (primary N) is 1. The zero-order valence-electron chi connectivity index (χ0n) is 11.5. The summed E-state index contributed by atoms with van der Waals surface area (Å²) >= 11 is 0. The SMILES string of the molecule is C=CCN(C(=O)NC(CC(N)=O)C(=O)O)C(C)(C)C. The van der Waals surface area contributed by atoms with Gasteiger partial charge in [-0.25, -0.2) is 9.59 Å². The number of hydrogen-bond donors (Lipinski definition) is 3. The van der Waals surface area contributed by atoms with Crippen LogP contribution in [0.5, 0.6) is 0 Å². The average molecular weight is 271 g/mol. The first-order chi connectivity index (χ1) is 8.59. The maximum absolute atomic E-state index is 12.0. The third-order valence-electron chi connectivity index (χ3n) is 2.37. The summed E-state index contributed by atoms with van der Waals surface area (Å²) in [6.45, 7) is 9.23. The largest absolute Gasteiger partial charge is 0.480 e. The van der Waals surface area contributed by atoms with Gasteiger partial charge in [0.15, 0.2) is 0 Å². The highest BCUT2D eigenvalue weighted by atomic mass is 16.4. The fourth-order valence-corrected chi connectivity index (χ4v) is 1.42. The molecule has 0 aliphatic carbocycles. The molecule has 0 rings (SSSR count). The lowest BCUT2D eigenvalue weighted by molar-refractivity contribution is -0.141. The summed E-state index contributed by atoms with van der Waals surface area (Å²) in [4.78, 5) is 35.1. The second-order valence-corrected chi connectivity index (χ2v) is 5.08. The second kappa shape index (κ2) is 6.77. The topological polar surface area (TPSA) is 113 Å². The van der Waals surface area contributed by atoms with Crippen molar-refractivity contribution in [1.82, 2.24) is 10.2 Å². The van der Waals surface area contributed by atoms with Crippen LogP contribution < -0.4 is 11.1 Å². The van der Waals surface area contributed by atoms with E-state index in [1.807, 2.05) is 0 Å². The van der Waals surface area contributed by atoms with E-state index in [1.165, 1.54) is 11.0 Å². The van der Waals surface area contributed by atoms with Gasteiger partial charge in [0.2, 0.25) is 5.91 Å². The Balaban J connectivity index is 4.90. The first-order valence-electron chi connectivity index (χ1n) is 5.79. The van der Waals surface area contributed by atoms with Crippen molar-refractivity contribution in [2.24, 2.45) is 5.73 Å². The molecule has 0 spiro atoms. The molecule has 7 heteroatoms. The van der Waals surface area contributed by atoms with Crippen LogP contribution in [0.4, 0.5) is 4.79 Å². The van der Waals surface area contributed by atoms with Gasteiger partial charge in [-0.15, -0.1) is 6.58 Å². The molecule has 0 fully saturated rings. The third kappa shape index (κ3) is 5.89. The van der Waals surface area contributed by atoms with Crippen molar-refractivity contribution in [3.05, 3.63) is 12.7 Å². The molecule has 0 aromatic carbocycles. The van der Waals surface area contributed by atoms with Crippen LogP contribution in [0.15, 0.2) is 12.7 Å². The quantitative estimate of drug-likeness (QED) is 0.603. The summed E-state index contributed by atoms with van der Waals surface area (Å²) in [5.41, 5.74) is 4.44. The van der Waals surface area contributed by atoms with E-state index in [-0.39, 0.29) is 6.54 Å². The second-order valence-electron chi connectivity index (χ2n) is 5.08. The molecule has 0 bridgehead atoms. The number of carboxylic acids is 1. The lowest BCUT2D eigenvalue weighted by Gasteiger charge is -2.35. The summed E-state index contributed by atoms with van der Waals surface area (Å²) in [6.07, 6.45) is 1.09. The number of rotatable bonds is 6. The van der Waals surface area contributed by atoms with Crippen molar-refractivity contribution in [3.63, 3.8) is 0 Å². The number of urea groups is 1. The molecule has 3 amide bonds. The van der Waals surface area contributed by atoms with Gasteiger partial charge in [0, 0.05) is 12.1 Å². The molecule has 7 nitrogen and oxygen atoms in total. The molecule has 0 aliphatic rings. The molecule has 0 saturated heterocycles. The first kappa shape index (κ1) is 16.9. The van der Waals surface area contributed by atoms with Crippen LogP contribution in [0, 0.1) is 0 Å². The lowest BCUT2D eigenvalue weighted by atomic mass is 10.1. The predicted molar refractivity (Wildman–Crippen MR) is 70.4 cm³/mol. The Kier molecular flexibility index (Phi) is 6.04. The normalized spacial score (nSPS) is 12.4. The van der Waals surface area contributed by atoms with Gasteiger partial charge in [0.1, 0.15) is 6.04 Å². The Morgan fingerprint density at radius 2 is 1.95 bits per heavy atom. The van der Waals surface area contributed by atoms with Crippen molar-refractivity contribution in [1.29, 1.82) is 0 Å². The van der Waals surface area contributed by atoms with Crippen LogP contribution >= 0.6 is 0 Å². The highest BCUT2D eigenvalue weighted by Gasteiger charge is 2.29. The maximum atomic E-state index is 12.0. The average Bonchev–Trinajstić information content (AvgIpc) is 2.22. The Morgan fingerprint density at radius 1 is 1.42 bits per heavy atom. The summed E-state index contributed by atoms with van der Waals surface area (Å²) in [5.74, 6) is -2.10. The van der Waals surface area contributed by atoms with Crippen LogP contribution in [0.3, 0.4) is 0 Å². The molecule has 0 saturated carbocycles. The molecule has 0 aliphatic heterocycles. The van der Waals surface area contributed by atoms with Crippen molar-refractivity contribution >= 4 is 17.9 Å². The van der Waals surface area contributed by atoms with E-state index in [0.717, 1.165) is 0 Å². The number of primary amides is 1. The van der Waals surface area contributed by atoms with Crippen molar-refractivity contribution in [2.45, 2.75) is 38.8 Å². The minimum Gasteiger partial charge on any atom is -0.480 e. The van der Waals surface area contributed by atoms with Crippen molar-refractivity contribution < 1.29 is 19.5 Å². The number of amides is 3. The van der Waals surface area contributed by atoms with Gasteiger partial charge in [0.05, 0.1) is 6.42 Å². The molecule has 1 atom stereocenters. The molecule has 19 heavy (non-hydrogen) atoms. The minimum atomic E-state index is -1.33. The molecule has 0 aromatic rings. The summed E-state index contributed by atoms with van der Waals surface area (Å²) in [7, 11) is 0. The summed E-state index contributed by atoms with van der Waals surface area (Å²) < 4.78 is 0. The molecule has 1 unspecified atom stereocenters. The highest BCUT2D eigenvalue weighted by molar-refractivity contribution is 5.87. The number of carboxylic acid groups (broad SMARTS) is 1. The van der Waals surface area contributed by atoms with Crippen molar-refractivity contribution in [2.75, 3.05) is 6.54 Å². The molecular weight excluding hydrogens is 250 g/mol. The van der Waals surface area contributed by atoms with Gasteiger partial charge in [-0.2, -0.15) is 0 Å². The lowest BCUT2D eigenvalue weighted by Crippen LogP contribution is -2.54. The van der Waals surface area contributed by atoms with E-state index in [9.17, 15) is 14.4 Å². The number of carbonyl (C=O) groups excluding carboxylic acids is 2. The fraction of sp³-hybridized carbons (Fsp3) is 0.583. The van der Waals surface area contributed by atoms with Crippen LogP contribution in [0.25, 0.3) is 0 Å². The van der Waals surface area contributed by atoms with E-state index in [4.69, 9.17) is 10.8 Å². The van der Waals surface area contributed by atoms with Gasteiger partial charge in [0.25, 0.3) is 0 Å². The number of aliphatic carboxylic acids is 1. The smallest absolute Gasteiger partial charge is 0.326 e. The van der Waals surface area contributed by atoms with E-state index in [1.54, 1.807) is 20.8 Å². The Labute approximate surface area is 112 Å². The van der Waals surface area contributed by atoms with Gasteiger partial charge in [-0.1, -0.05) is 6.08 Å². The zero-order chi connectivity index (χ0) is 15.2. The fourth-order valence-electron chi connectivity index (χ4n) is 1.42. The monoisotopic (exact) mass is 271 g/mol. The van der Waals surface area contributed by atoms with Gasteiger partial charge < -0.3 is 21.1 Å². The number of nitrogens with one attached hydrogen (secondary N) is 1. The molecule has 0 heterocycles. The van der Waals surface area contributed by atoms with Gasteiger partial charge in [-0.3, -0.25) is 4.79 Å². The van der Waals surface area contributed by atoms with Gasteiger partial charge >= 0.3 is 12.0 Å². The minimum absolute atomic E-state index is 0.262. The van der Waals surface area contributed by atoms with Crippen LogP contribution in [-0.4, -0.2) is 46.0 Å². The molecule has 108 valence electrons. The maximum Gasteiger partial charge on any atom is 0.326 e.